The second kappa shape index (κ2) is 6.39. The predicted molar refractivity (Wildman–Crippen MR) is 88.4 cm³/mol. The molecule has 3 rings (SSSR count). The highest BCUT2D eigenvalue weighted by molar-refractivity contribution is 5.74. The molecule has 1 amide bonds. The fourth-order valence-corrected chi connectivity index (χ4v) is 3.58. The summed E-state index contributed by atoms with van der Waals surface area (Å²) in [6, 6.07) is 1.78. The zero-order valence-corrected chi connectivity index (χ0v) is 14.6. The highest BCUT2D eigenvalue weighted by Crippen LogP contribution is 2.38. The second-order valence-electron chi connectivity index (χ2n) is 7.69. The van der Waals surface area contributed by atoms with Crippen molar-refractivity contribution in [3.63, 3.8) is 0 Å². The molecule has 0 saturated carbocycles. The lowest BCUT2D eigenvalue weighted by Crippen LogP contribution is -2.53. The van der Waals surface area contributed by atoms with Crippen molar-refractivity contribution in [1.82, 2.24) is 4.90 Å². The lowest BCUT2D eigenvalue weighted by atomic mass is 9.83. The summed E-state index contributed by atoms with van der Waals surface area (Å²) in [5.74, 6) is -3.86. The molecule has 1 fully saturated rings. The molecule has 2 aliphatic heterocycles. The molecule has 1 saturated heterocycles. The molecule has 2 unspecified atom stereocenters. The van der Waals surface area contributed by atoms with Gasteiger partial charge in [-0.25, -0.2) is 18.0 Å². The summed E-state index contributed by atoms with van der Waals surface area (Å²) in [6.07, 6.45) is 4.51. The third-order valence-electron chi connectivity index (χ3n) is 4.60. The summed E-state index contributed by atoms with van der Waals surface area (Å²) in [6.45, 7) is 5.45. The van der Waals surface area contributed by atoms with Gasteiger partial charge in [0.15, 0.2) is 17.5 Å². The number of piperidine rings is 1. The Balaban J connectivity index is 1.90. The van der Waals surface area contributed by atoms with E-state index in [-0.39, 0.29) is 18.2 Å². The maximum absolute atomic E-state index is 13.5. The van der Waals surface area contributed by atoms with Crippen LogP contribution in [0.4, 0.5) is 18.0 Å². The first-order valence-electron chi connectivity index (χ1n) is 8.52. The second-order valence-corrected chi connectivity index (χ2v) is 7.69. The number of ether oxygens (including phenoxy) is 1. The largest absolute Gasteiger partial charge is 0.444 e. The van der Waals surface area contributed by atoms with Gasteiger partial charge in [-0.1, -0.05) is 6.08 Å². The lowest BCUT2D eigenvalue weighted by Gasteiger charge is -2.45. The molecule has 3 nitrogen and oxygen atoms in total. The molecule has 2 bridgehead atoms. The van der Waals surface area contributed by atoms with Crippen LogP contribution >= 0.6 is 0 Å². The van der Waals surface area contributed by atoms with Gasteiger partial charge in [0, 0.05) is 6.04 Å². The van der Waals surface area contributed by atoms with E-state index in [1.54, 1.807) is 4.90 Å². The van der Waals surface area contributed by atoms with Crippen molar-refractivity contribution in [1.29, 1.82) is 0 Å². The van der Waals surface area contributed by atoms with E-state index in [4.69, 9.17) is 4.74 Å². The van der Waals surface area contributed by atoms with Gasteiger partial charge in [0.05, 0.1) is 6.04 Å². The van der Waals surface area contributed by atoms with E-state index in [1.807, 2.05) is 26.8 Å². The summed E-state index contributed by atoms with van der Waals surface area (Å²) in [7, 11) is 0. The van der Waals surface area contributed by atoms with E-state index < -0.39 is 23.1 Å². The average Bonchev–Trinajstić information content (AvgIpc) is 2.49. The van der Waals surface area contributed by atoms with Crippen molar-refractivity contribution in [3.8, 4) is 0 Å². The molecule has 6 heteroatoms. The van der Waals surface area contributed by atoms with Gasteiger partial charge in [-0.3, -0.25) is 4.90 Å². The summed E-state index contributed by atoms with van der Waals surface area (Å²) in [5, 5.41) is 0. The quantitative estimate of drug-likeness (QED) is 0.661. The number of benzene rings is 1. The van der Waals surface area contributed by atoms with Gasteiger partial charge < -0.3 is 4.74 Å². The number of amides is 1. The van der Waals surface area contributed by atoms with Gasteiger partial charge in [-0.15, -0.1) is 0 Å². The molecule has 2 aliphatic rings. The Kier molecular flexibility index (Phi) is 4.56. The van der Waals surface area contributed by atoms with Crippen LogP contribution in [-0.2, 0) is 4.74 Å². The van der Waals surface area contributed by atoms with E-state index in [9.17, 15) is 18.0 Å². The Morgan fingerprint density at radius 2 is 1.80 bits per heavy atom. The fraction of sp³-hybridized carbons (Fsp3) is 0.526. The van der Waals surface area contributed by atoms with Gasteiger partial charge in [0.1, 0.15) is 5.60 Å². The maximum atomic E-state index is 13.5. The van der Waals surface area contributed by atoms with Crippen LogP contribution in [0.25, 0.3) is 5.57 Å². The van der Waals surface area contributed by atoms with Gasteiger partial charge in [-0.05, 0) is 69.7 Å². The first-order valence-corrected chi connectivity index (χ1v) is 8.52. The normalized spacial score (nSPS) is 23.3. The van der Waals surface area contributed by atoms with Gasteiger partial charge in [0.2, 0.25) is 0 Å². The molecule has 0 aromatic heterocycles. The first kappa shape index (κ1) is 17.8. The summed E-state index contributed by atoms with van der Waals surface area (Å²) in [4.78, 5) is 14.3. The van der Waals surface area contributed by atoms with E-state index in [0.717, 1.165) is 37.0 Å². The minimum atomic E-state index is -1.46. The smallest absolute Gasteiger partial charge is 0.411 e. The number of hydrogen-bond acceptors (Lipinski definition) is 2. The summed E-state index contributed by atoms with van der Waals surface area (Å²) >= 11 is 0. The Morgan fingerprint density at radius 3 is 2.36 bits per heavy atom. The molecule has 0 spiro atoms. The molecular formula is C19H22F3NO2. The molecule has 0 radical (unpaired) electrons. The molecule has 0 N–H and O–H groups in total. The molecule has 25 heavy (non-hydrogen) atoms. The molecular weight excluding hydrogens is 331 g/mol. The van der Waals surface area contributed by atoms with Crippen LogP contribution in [0.3, 0.4) is 0 Å². The van der Waals surface area contributed by atoms with Crippen LogP contribution in [0.5, 0.6) is 0 Å². The van der Waals surface area contributed by atoms with Crippen molar-refractivity contribution in [2.45, 2.75) is 64.1 Å². The number of carbonyl (C=O) groups is 1. The third kappa shape index (κ3) is 3.67. The van der Waals surface area contributed by atoms with Crippen LogP contribution in [-0.4, -0.2) is 28.7 Å². The van der Waals surface area contributed by atoms with E-state index >= 15 is 0 Å². The monoisotopic (exact) mass is 353 g/mol. The average molecular weight is 353 g/mol. The van der Waals surface area contributed by atoms with E-state index in [2.05, 4.69) is 0 Å². The number of rotatable bonds is 1. The first-order chi connectivity index (χ1) is 11.7. The standard InChI is InChI=1S/C19H22F3NO2/c1-19(2,3)25-18(24)23-13-5-4-6-14(23)8-11(7-13)12-9-15(20)17(22)16(21)10-12/h7,9-10,13-14H,4-6,8H2,1-3H3. The molecule has 2 heterocycles. The van der Waals surface area contributed by atoms with Gasteiger partial charge in [-0.2, -0.15) is 0 Å². The summed E-state index contributed by atoms with van der Waals surface area (Å²) in [5.41, 5.74) is 0.489. The Morgan fingerprint density at radius 1 is 1.16 bits per heavy atom. The minimum Gasteiger partial charge on any atom is -0.444 e. The van der Waals surface area contributed by atoms with Crippen LogP contribution in [0, 0.1) is 17.5 Å². The molecule has 1 aromatic carbocycles. The van der Waals surface area contributed by atoms with E-state index in [0.29, 0.717) is 12.0 Å². The summed E-state index contributed by atoms with van der Waals surface area (Å²) < 4.78 is 45.8. The van der Waals surface area contributed by atoms with Crippen LogP contribution in [0.2, 0.25) is 0 Å². The number of hydrogen-bond donors (Lipinski definition) is 0. The Hall–Kier alpha value is -1.98. The Labute approximate surface area is 145 Å². The zero-order valence-electron chi connectivity index (χ0n) is 14.6. The van der Waals surface area contributed by atoms with Crippen molar-refractivity contribution >= 4 is 11.7 Å². The van der Waals surface area contributed by atoms with E-state index in [1.165, 1.54) is 0 Å². The number of halogens is 3. The van der Waals surface area contributed by atoms with Crippen molar-refractivity contribution in [2.24, 2.45) is 0 Å². The van der Waals surface area contributed by atoms with Crippen LogP contribution < -0.4 is 0 Å². The topological polar surface area (TPSA) is 29.5 Å². The van der Waals surface area contributed by atoms with Crippen molar-refractivity contribution < 1.29 is 22.7 Å². The highest BCUT2D eigenvalue weighted by Gasteiger charge is 2.39. The van der Waals surface area contributed by atoms with Crippen molar-refractivity contribution in [2.75, 3.05) is 0 Å². The van der Waals surface area contributed by atoms with Crippen molar-refractivity contribution in [3.05, 3.63) is 41.2 Å². The molecule has 0 aliphatic carbocycles. The highest BCUT2D eigenvalue weighted by atomic mass is 19.2. The fourth-order valence-electron chi connectivity index (χ4n) is 3.58. The number of nitrogens with zero attached hydrogens (tertiary/aromatic N) is 1. The van der Waals surface area contributed by atoms with Crippen LogP contribution in [0.1, 0.15) is 52.0 Å². The number of carbonyl (C=O) groups excluding carboxylic acids is 1. The molecule has 1 aromatic rings. The maximum Gasteiger partial charge on any atom is 0.411 e. The van der Waals surface area contributed by atoms with Gasteiger partial charge >= 0.3 is 6.09 Å². The SMILES string of the molecule is CC(C)(C)OC(=O)N1C2C=C(c3cc(F)c(F)c(F)c3)CC1CCC2. The zero-order chi connectivity index (χ0) is 18.4. The predicted octanol–water partition coefficient (Wildman–Crippen LogP) is 5.05. The third-order valence-corrected chi connectivity index (χ3v) is 4.60. The lowest BCUT2D eigenvalue weighted by molar-refractivity contribution is 0.0000787. The molecule has 136 valence electrons. The Bertz CT molecular complexity index is 701. The van der Waals surface area contributed by atoms with Crippen LogP contribution in [0.15, 0.2) is 18.2 Å². The number of fused-ring (bicyclic) bond motifs is 2. The molecule has 2 atom stereocenters. The minimum absolute atomic E-state index is 0.0789. The van der Waals surface area contributed by atoms with Gasteiger partial charge in [0.25, 0.3) is 0 Å².